The van der Waals surface area contributed by atoms with Gasteiger partial charge in [-0.2, -0.15) is 0 Å². The Hall–Kier alpha value is -3.21. The summed E-state index contributed by atoms with van der Waals surface area (Å²) in [6.07, 6.45) is 1.62. The molecule has 0 saturated heterocycles. The zero-order valence-corrected chi connectivity index (χ0v) is 15.5. The minimum atomic E-state index is -0.0759. The molecule has 5 heteroatoms. The SMILES string of the molecule is Cc1ccc2nc(C)c(C(=O)NCCCc3nc4ccccc4[nH]3)cc2c1. The molecule has 0 aliphatic heterocycles. The lowest BCUT2D eigenvalue weighted by atomic mass is 10.1. The van der Waals surface area contributed by atoms with E-state index >= 15 is 0 Å². The van der Waals surface area contributed by atoms with Crippen LogP contribution in [0.2, 0.25) is 0 Å². The third-order valence-electron chi connectivity index (χ3n) is 4.72. The topological polar surface area (TPSA) is 70.7 Å². The summed E-state index contributed by atoms with van der Waals surface area (Å²) in [6, 6.07) is 16.0. The van der Waals surface area contributed by atoms with Crippen LogP contribution in [-0.4, -0.2) is 27.4 Å². The molecule has 0 fully saturated rings. The van der Waals surface area contributed by atoms with Crippen molar-refractivity contribution in [1.29, 1.82) is 0 Å². The van der Waals surface area contributed by atoms with E-state index in [-0.39, 0.29) is 5.91 Å². The molecule has 136 valence electrons. The average molecular weight is 358 g/mol. The summed E-state index contributed by atoms with van der Waals surface area (Å²) in [7, 11) is 0. The number of fused-ring (bicyclic) bond motifs is 2. The molecular formula is C22H22N4O. The van der Waals surface area contributed by atoms with E-state index in [1.54, 1.807) is 0 Å². The van der Waals surface area contributed by atoms with E-state index in [1.165, 1.54) is 0 Å². The lowest BCUT2D eigenvalue weighted by Gasteiger charge is -2.09. The van der Waals surface area contributed by atoms with Gasteiger partial charge in [-0.15, -0.1) is 0 Å². The molecule has 27 heavy (non-hydrogen) atoms. The second kappa shape index (κ2) is 7.19. The first-order chi connectivity index (χ1) is 13.1. The fourth-order valence-corrected chi connectivity index (χ4v) is 3.30. The van der Waals surface area contributed by atoms with Crippen LogP contribution in [0.3, 0.4) is 0 Å². The molecular weight excluding hydrogens is 336 g/mol. The van der Waals surface area contributed by atoms with Gasteiger partial charge in [0.05, 0.1) is 27.8 Å². The van der Waals surface area contributed by atoms with Gasteiger partial charge in [-0.3, -0.25) is 9.78 Å². The van der Waals surface area contributed by atoms with E-state index in [0.717, 1.165) is 51.9 Å². The van der Waals surface area contributed by atoms with Crippen molar-refractivity contribution in [2.75, 3.05) is 6.54 Å². The van der Waals surface area contributed by atoms with E-state index in [2.05, 4.69) is 26.3 Å². The molecule has 4 rings (SSSR count). The Morgan fingerprint density at radius 3 is 2.74 bits per heavy atom. The van der Waals surface area contributed by atoms with Gasteiger partial charge >= 0.3 is 0 Å². The number of hydrogen-bond donors (Lipinski definition) is 2. The van der Waals surface area contributed by atoms with Crippen molar-refractivity contribution in [2.24, 2.45) is 0 Å². The van der Waals surface area contributed by atoms with E-state index in [0.29, 0.717) is 12.1 Å². The van der Waals surface area contributed by atoms with Gasteiger partial charge in [-0.1, -0.05) is 23.8 Å². The Kier molecular flexibility index (Phi) is 4.59. The summed E-state index contributed by atoms with van der Waals surface area (Å²) in [5.74, 6) is 0.873. The van der Waals surface area contributed by atoms with Gasteiger partial charge < -0.3 is 10.3 Å². The van der Waals surface area contributed by atoms with Crippen molar-refractivity contribution < 1.29 is 4.79 Å². The van der Waals surface area contributed by atoms with Crippen LogP contribution in [0.1, 0.15) is 33.9 Å². The van der Waals surface area contributed by atoms with Crippen LogP contribution in [0.4, 0.5) is 0 Å². The molecule has 2 aromatic heterocycles. The number of para-hydroxylation sites is 2. The minimum Gasteiger partial charge on any atom is -0.352 e. The third-order valence-corrected chi connectivity index (χ3v) is 4.72. The van der Waals surface area contributed by atoms with Gasteiger partial charge in [-0.05, 0) is 50.6 Å². The number of amides is 1. The van der Waals surface area contributed by atoms with Crippen LogP contribution in [0.5, 0.6) is 0 Å². The summed E-state index contributed by atoms with van der Waals surface area (Å²) in [4.78, 5) is 25.0. The zero-order valence-electron chi connectivity index (χ0n) is 15.5. The summed E-state index contributed by atoms with van der Waals surface area (Å²) >= 11 is 0. The van der Waals surface area contributed by atoms with Gasteiger partial charge in [0.1, 0.15) is 5.82 Å². The normalized spacial score (nSPS) is 11.2. The van der Waals surface area contributed by atoms with Crippen molar-refractivity contribution in [3.63, 3.8) is 0 Å². The van der Waals surface area contributed by atoms with Crippen molar-refractivity contribution in [3.05, 3.63) is 71.2 Å². The van der Waals surface area contributed by atoms with Gasteiger partial charge in [0.15, 0.2) is 0 Å². The first-order valence-electron chi connectivity index (χ1n) is 9.20. The maximum atomic E-state index is 12.6. The Bertz CT molecular complexity index is 1100. The highest BCUT2D eigenvalue weighted by Gasteiger charge is 2.11. The second-order valence-electron chi connectivity index (χ2n) is 6.88. The summed E-state index contributed by atoms with van der Waals surface area (Å²) in [6.45, 7) is 4.51. The van der Waals surface area contributed by atoms with Crippen molar-refractivity contribution in [1.82, 2.24) is 20.3 Å². The molecule has 0 bridgehead atoms. The van der Waals surface area contributed by atoms with E-state index in [9.17, 15) is 4.79 Å². The Morgan fingerprint density at radius 2 is 1.89 bits per heavy atom. The first-order valence-corrected chi connectivity index (χ1v) is 9.20. The quantitative estimate of drug-likeness (QED) is 0.528. The van der Waals surface area contributed by atoms with Gasteiger partial charge in [0, 0.05) is 18.4 Å². The predicted octanol–water partition coefficient (Wildman–Crippen LogP) is 4.09. The number of carbonyl (C=O) groups excluding carboxylic acids is 1. The number of pyridine rings is 1. The number of rotatable bonds is 5. The molecule has 0 atom stereocenters. The number of carbonyl (C=O) groups is 1. The molecule has 0 aliphatic rings. The lowest BCUT2D eigenvalue weighted by Crippen LogP contribution is -2.25. The van der Waals surface area contributed by atoms with Crippen LogP contribution < -0.4 is 5.32 Å². The maximum Gasteiger partial charge on any atom is 0.253 e. The highest BCUT2D eigenvalue weighted by Crippen LogP contribution is 2.18. The number of H-pyrrole nitrogens is 1. The van der Waals surface area contributed by atoms with Gasteiger partial charge in [0.2, 0.25) is 0 Å². The molecule has 2 aromatic carbocycles. The summed E-state index contributed by atoms with van der Waals surface area (Å²) in [5.41, 5.74) is 5.48. The average Bonchev–Trinajstić information content (AvgIpc) is 3.07. The standard InChI is InChI=1S/C22H22N4O/c1-14-9-10-18-16(12-14)13-17(15(2)24-18)22(27)23-11-5-8-21-25-19-6-3-4-7-20(19)26-21/h3-4,6-7,9-10,12-13H,5,8,11H2,1-2H3,(H,23,27)(H,25,26). The molecule has 0 radical (unpaired) electrons. The molecule has 0 aliphatic carbocycles. The van der Waals surface area contributed by atoms with E-state index in [4.69, 9.17) is 0 Å². The van der Waals surface area contributed by atoms with E-state index in [1.807, 2.05) is 56.3 Å². The van der Waals surface area contributed by atoms with Crippen molar-refractivity contribution in [3.8, 4) is 0 Å². The first kappa shape index (κ1) is 17.2. The van der Waals surface area contributed by atoms with Crippen molar-refractivity contribution >= 4 is 27.8 Å². The highest BCUT2D eigenvalue weighted by molar-refractivity contribution is 5.98. The molecule has 0 saturated carbocycles. The molecule has 1 amide bonds. The van der Waals surface area contributed by atoms with Gasteiger partial charge in [-0.25, -0.2) is 4.98 Å². The zero-order chi connectivity index (χ0) is 18.8. The van der Waals surface area contributed by atoms with Gasteiger partial charge in [0.25, 0.3) is 5.91 Å². The second-order valence-corrected chi connectivity index (χ2v) is 6.88. The largest absolute Gasteiger partial charge is 0.352 e. The van der Waals surface area contributed by atoms with Crippen LogP contribution in [0.25, 0.3) is 21.9 Å². The molecule has 0 spiro atoms. The third kappa shape index (κ3) is 3.67. The maximum absolute atomic E-state index is 12.6. The smallest absolute Gasteiger partial charge is 0.253 e. The van der Waals surface area contributed by atoms with Crippen LogP contribution in [-0.2, 0) is 6.42 Å². The monoisotopic (exact) mass is 358 g/mol. The number of aryl methyl sites for hydroxylation is 3. The summed E-state index contributed by atoms with van der Waals surface area (Å²) < 4.78 is 0. The molecule has 4 aromatic rings. The molecule has 2 heterocycles. The minimum absolute atomic E-state index is 0.0759. The fourth-order valence-electron chi connectivity index (χ4n) is 3.30. The predicted molar refractivity (Wildman–Crippen MR) is 108 cm³/mol. The number of nitrogens with one attached hydrogen (secondary N) is 2. The van der Waals surface area contributed by atoms with E-state index < -0.39 is 0 Å². The number of aromatic amines is 1. The molecule has 2 N–H and O–H groups in total. The highest BCUT2D eigenvalue weighted by atomic mass is 16.1. The number of hydrogen-bond acceptors (Lipinski definition) is 3. The molecule has 0 unspecified atom stereocenters. The van der Waals surface area contributed by atoms with Crippen LogP contribution >= 0.6 is 0 Å². The summed E-state index contributed by atoms with van der Waals surface area (Å²) in [5, 5.41) is 4.00. The molecule has 5 nitrogen and oxygen atoms in total. The number of nitrogens with zero attached hydrogens (tertiary/aromatic N) is 2. The van der Waals surface area contributed by atoms with Crippen LogP contribution in [0.15, 0.2) is 48.5 Å². The number of imidazole rings is 1. The number of aromatic nitrogens is 3. The Balaban J connectivity index is 1.39. The number of benzene rings is 2. The lowest BCUT2D eigenvalue weighted by molar-refractivity contribution is 0.0952. The fraction of sp³-hybridized carbons (Fsp3) is 0.227. The van der Waals surface area contributed by atoms with Crippen LogP contribution in [0, 0.1) is 13.8 Å². The van der Waals surface area contributed by atoms with Crippen molar-refractivity contribution in [2.45, 2.75) is 26.7 Å². The Morgan fingerprint density at radius 1 is 1.04 bits per heavy atom. The Labute approximate surface area is 157 Å².